The third-order valence-electron chi connectivity index (χ3n) is 7.35. The number of nitrogens with zero attached hydrogens (tertiary/aromatic N) is 3. The van der Waals surface area contributed by atoms with Gasteiger partial charge in [0.25, 0.3) is 0 Å². The van der Waals surface area contributed by atoms with Gasteiger partial charge in [-0.25, -0.2) is 8.78 Å². The first-order chi connectivity index (χ1) is 16.8. The van der Waals surface area contributed by atoms with Gasteiger partial charge in [-0.2, -0.15) is 5.10 Å². The van der Waals surface area contributed by atoms with Gasteiger partial charge < -0.3 is 9.64 Å². The normalized spacial score (nSPS) is 20.8. The summed E-state index contributed by atoms with van der Waals surface area (Å²) >= 11 is 0. The first-order valence-corrected chi connectivity index (χ1v) is 12.3. The highest BCUT2D eigenvalue weighted by Crippen LogP contribution is 2.44. The first kappa shape index (κ1) is 23.7. The Morgan fingerprint density at radius 2 is 1.94 bits per heavy atom. The lowest BCUT2D eigenvalue weighted by molar-refractivity contribution is -0.139. The van der Waals surface area contributed by atoms with Crippen molar-refractivity contribution in [2.45, 2.75) is 58.2 Å². The second kappa shape index (κ2) is 9.22. The number of hydrogen-bond donors (Lipinski definition) is 1. The molecule has 3 heterocycles. The number of likely N-dealkylation sites (N-methyl/N-ethyl adjacent to an activating group) is 1. The summed E-state index contributed by atoms with van der Waals surface area (Å²) in [4.78, 5) is 15.7. The van der Waals surface area contributed by atoms with Gasteiger partial charge in [0.1, 0.15) is 23.5 Å². The van der Waals surface area contributed by atoms with Crippen LogP contribution in [0, 0.1) is 17.6 Å². The number of benzene rings is 2. The molecule has 1 saturated heterocycles. The van der Waals surface area contributed by atoms with Gasteiger partial charge in [-0.05, 0) is 36.6 Å². The Morgan fingerprint density at radius 3 is 2.60 bits per heavy atom. The Bertz CT molecular complexity index is 1230. The molecule has 8 heteroatoms. The van der Waals surface area contributed by atoms with Crippen molar-refractivity contribution in [1.82, 2.24) is 20.0 Å². The standard InChI is InChI=1S/C27H32F2N4O2/c1-5-25(34)33-12-17(13-33)35-16-9-21(28)27(22(29)10-16)26-18-6-7-23-19(11-30-31-23)20(18)14-32(4)24(26)8-15(2)3/h6-7,9-11,15,17,24,26H,5,8,12-14H2,1-4H3,(H,30,31)/t24-,26+/m0/s1. The molecule has 5 rings (SSSR count). The zero-order valence-electron chi connectivity index (χ0n) is 20.6. The quantitative estimate of drug-likeness (QED) is 0.547. The molecule has 0 radical (unpaired) electrons. The summed E-state index contributed by atoms with van der Waals surface area (Å²) in [6.45, 7) is 7.65. The minimum atomic E-state index is -0.604. The number of carbonyl (C=O) groups excluding carboxylic acids is 1. The molecule has 0 aliphatic carbocycles. The molecule has 2 aliphatic heterocycles. The fourth-order valence-corrected chi connectivity index (χ4v) is 5.59. The monoisotopic (exact) mass is 482 g/mol. The predicted molar refractivity (Wildman–Crippen MR) is 130 cm³/mol. The highest BCUT2D eigenvalue weighted by Gasteiger charge is 2.39. The van der Waals surface area contributed by atoms with Crippen LogP contribution in [-0.4, -0.2) is 58.2 Å². The summed E-state index contributed by atoms with van der Waals surface area (Å²) in [6, 6.07) is 6.46. The Hall–Kier alpha value is -3.00. The van der Waals surface area contributed by atoms with Crippen LogP contribution < -0.4 is 4.74 Å². The van der Waals surface area contributed by atoms with Crippen molar-refractivity contribution in [1.29, 1.82) is 0 Å². The third kappa shape index (κ3) is 4.29. The molecule has 3 aromatic rings. The van der Waals surface area contributed by atoms with Crippen LogP contribution in [0.4, 0.5) is 8.78 Å². The number of nitrogens with one attached hydrogen (secondary N) is 1. The summed E-state index contributed by atoms with van der Waals surface area (Å²) in [5, 5.41) is 8.16. The number of aromatic amines is 1. The van der Waals surface area contributed by atoms with Crippen LogP contribution in [0.5, 0.6) is 5.75 Å². The van der Waals surface area contributed by atoms with Gasteiger partial charge in [0.2, 0.25) is 5.91 Å². The molecule has 0 saturated carbocycles. The molecule has 2 aliphatic rings. The molecule has 1 N–H and O–H groups in total. The number of likely N-dealkylation sites (tertiary alicyclic amines) is 1. The Morgan fingerprint density at radius 1 is 1.23 bits per heavy atom. The van der Waals surface area contributed by atoms with E-state index in [1.54, 1.807) is 11.1 Å². The maximum absolute atomic E-state index is 15.7. The van der Waals surface area contributed by atoms with E-state index < -0.39 is 17.6 Å². The number of H-pyrrole nitrogens is 1. The van der Waals surface area contributed by atoms with Crippen molar-refractivity contribution in [3.05, 3.63) is 58.8 Å². The lowest BCUT2D eigenvalue weighted by atomic mass is 9.75. The van der Waals surface area contributed by atoms with E-state index in [4.69, 9.17) is 4.74 Å². The Kier molecular flexibility index (Phi) is 6.25. The fourth-order valence-electron chi connectivity index (χ4n) is 5.59. The van der Waals surface area contributed by atoms with Gasteiger partial charge in [0.15, 0.2) is 0 Å². The minimum Gasteiger partial charge on any atom is -0.487 e. The van der Waals surface area contributed by atoms with Gasteiger partial charge in [-0.3, -0.25) is 14.8 Å². The van der Waals surface area contributed by atoms with Gasteiger partial charge in [-0.1, -0.05) is 26.8 Å². The van der Waals surface area contributed by atoms with Crippen molar-refractivity contribution < 1.29 is 18.3 Å². The zero-order valence-corrected chi connectivity index (χ0v) is 20.6. The van der Waals surface area contributed by atoms with E-state index in [0.29, 0.717) is 32.0 Å². The smallest absolute Gasteiger partial charge is 0.222 e. The van der Waals surface area contributed by atoms with Crippen LogP contribution in [0.25, 0.3) is 10.9 Å². The molecule has 35 heavy (non-hydrogen) atoms. The number of halogens is 2. The Balaban J connectivity index is 1.51. The molecule has 1 aromatic heterocycles. The van der Waals surface area contributed by atoms with E-state index in [0.717, 1.165) is 28.5 Å². The van der Waals surface area contributed by atoms with Crippen molar-refractivity contribution >= 4 is 16.8 Å². The summed E-state index contributed by atoms with van der Waals surface area (Å²) in [5.41, 5.74) is 2.99. The lowest BCUT2D eigenvalue weighted by Crippen LogP contribution is -2.56. The number of aromatic nitrogens is 2. The average molecular weight is 483 g/mol. The summed E-state index contributed by atoms with van der Waals surface area (Å²) in [6.07, 6.45) is 2.78. The van der Waals surface area contributed by atoms with E-state index in [1.807, 2.05) is 26.1 Å². The van der Waals surface area contributed by atoms with Crippen LogP contribution in [0.15, 0.2) is 30.5 Å². The van der Waals surface area contributed by atoms with Gasteiger partial charge in [0, 0.05) is 48.0 Å². The van der Waals surface area contributed by atoms with E-state index in [9.17, 15) is 4.79 Å². The molecule has 0 bridgehead atoms. The van der Waals surface area contributed by atoms with Crippen molar-refractivity contribution in [3.63, 3.8) is 0 Å². The number of fused-ring (bicyclic) bond motifs is 3. The van der Waals surface area contributed by atoms with Gasteiger partial charge in [0.05, 0.1) is 24.8 Å². The molecule has 0 spiro atoms. The van der Waals surface area contributed by atoms with E-state index in [1.165, 1.54) is 12.1 Å². The van der Waals surface area contributed by atoms with Crippen molar-refractivity contribution in [2.24, 2.45) is 5.92 Å². The molecular weight excluding hydrogens is 450 g/mol. The predicted octanol–water partition coefficient (Wildman–Crippen LogP) is 4.83. The SMILES string of the molecule is CCC(=O)N1CC(Oc2cc(F)c([C@@H]3c4ccc5[nH]ncc5c4CN(C)[C@H]3CC(C)C)c(F)c2)C1. The first-order valence-electron chi connectivity index (χ1n) is 12.3. The fraction of sp³-hybridized carbons (Fsp3) is 0.481. The topological polar surface area (TPSA) is 61.5 Å². The minimum absolute atomic E-state index is 0.0529. The maximum atomic E-state index is 15.7. The van der Waals surface area contributed by atoms with Crippen LogP contribution in [0.2, 0.25) is 0 Å². The molecule has 1 fully saturated rings. The van der Waals surface area contributed by atoms with Crippen molar-refractivity contribution in [3.8, 4) is 5.75 Å². The number of rotatable bonds is 6. The molecule has 1 amide bonds. The summed E-state index contributed by atoms with van der Waals surface area (Å²) in [7, 11) is 2.02. The van der Waals surface area contributed by atoms with Gasteiger partial charge in [-0.15, -0.1) is 0 Å². The third-order valence-corrected chi connectivity index (χ3v) is 7.35. The van der Waals surface area contributed by atoms with Crippen molar-refractivity contribution in [2.75, 3.05) is 20.1 Å². The summed E-state index contributed by atoms with van der Waals surface area (Å²) < 4.78 is 37.2. The number of ether oxygens (including phenoxy) is 1. The highest BCUT2D eigenvalue weighted by molar-refractivity contribution is 5.83. The number of hydrogen-bond acceptors (Lipinski definition) is 4. The number of carbonyl (C=O) groups is 1. The van der Waals surface area contributed by atoms with Gasteiger partial charge >= 0.3 is 0 Å². The second-order valence-electron chi connectivity index (χ2n) is 10.2. The molecule has 2 aromatic carbocycles. The van der Waals surface area contributed by atoms with E-state index in [2.05, 4.69) is 28.9 Å². The van der Waals surface area contributed by atoms with Crippen LogP contribution in [0.3, 0.4) is 0 Å². The second-order valence-corrected chi connectivity index (χ2v) is 10.2. The average Bonchev–Trinajstić information content (AvgIpc) is 3.26. The molecular formula is C27H32F2N4O2. The summed E-state index contributed by atoms with van der Waals surface area (Å²) in [5.74, 6) is -1.08. The highest BCUT2D eigenvalue weighted by atomic mass is 19.1. The molecule has 0 unspecified atom stereocenters. The van der Waals surface area contributed by atoms with Crippen LogP contribution in [-0.2, 0) is 11.3 Å². The zero-order chi connectivity index (χ0) is 24.9. The molecule has 6 nitrogen and oxygen atoms in total. The van der Waals surface area contributed by atoms with E-state index >= 15 is 8.78 Å². The molecule has 2 atom stereocenters. The van der Waals surface area contributed by atoms with Crippen LogP contribution >= 0.6 is 0 Å². The number of amides is 1. The van der Waals surface area contributed by atoms with E-state index in [-0.39, 0.29) is 29.4 Å². The Labute approximate surface area is 204 Å². The molecule has 186 valence electrons. The van der Waals surface area contributed by atoms with Crippen LogP contribution in [0.1, 0.15) is 56.2 Å². The lowest BCUT2D eigenvalue weighted by Gasteiger charge is -2.42. The largest absolute Gasteiger partial charge is 0.487 e. The maximum Gasteiger partial charge on any atom is 0.222 e.